The Bertz CT molecular complexity index is 908. The van der Waals surface area contributed by atoms with Crippen molar-refractivity contribution in [1.29, 1.82) is 0 Å². The van der Waals surface area contributed by atoms with Gasteiger partial charge in [-0.25, -0.2) is 12.7 Å². The Kier molecular flexibility index (Phi) is 6.62. The number of amides is 1. The summed E-state index contributed by atoms with van der Waals surface area (Å²) in [6, 6.07) is 13.7. The fourth-order valence-corrected chi connectivity index (χ4v) is 3.45. The smallest absolute Gasteiger partial charge is 0.246 e. The van der Waals surface area contributed by atoms with Gasteiger partial charge < -0.3 is 10.6 Å². The highest BCUT2D eigenvalue weighted by molar-refractivity contribution is 7.89. The molecular formula is C20H27N3O3S. The van der Waals surface area contributed by atoms with Crippen molar-refractivity contribution in [3.05, 3.63) is 54.1 Å². The highest BCUT2D eigenvalue weighted by Crippen LogP contribution is 2.20. The van der Waals surface area contributed by atoms with Crippen LogP contribution >= 0.6 is 0 Å². The minimum absolute atomic E-state index is 0.135. The number of nitrogens with zero attached hydrogens (tertiary/aromatic N) is 1. The van der Waals surface area contributed by atoms with Crippen LogP contribution in [-0.2, 0) is 14.8 Å². The number of nitrogens with one attached hydrogen (secondary N) is 2. The van der Waals surface area contributed by atoms with Gasteiger partial charge in [0.05, 0.1) is 4.90 Å². The molecule has 0 aliphatic carbocycles. The van der Waals surface area contributed by atoms with E-state index in [4.69, 9.17) is 0 Å². The number of anilines is 2. The standard InChI is InChI=1S/C20H27N3O3S/c1-14(2)16-8-6-9-17(12-16)21-15(3)20(24)22-18-10-7-11-19(13-18)27(25,26)23(4)5/h6-15,21H,1-5H3,(H,22,24)/t15-/m0/s1. The summed E-state index contributed by atoms with van der Waals surface area (Å²) < 4.78 is 25.6. The van der Waals surface area contributed by atoms with Gasteiger partial charge in [-0.05, 0) is 48.7 Å². The molecule has 0 aliphatic rings. The first-order valence-corrected chi connectivity index (χ1v) is 10.2. The lowest BCUT2D eigenvalue weighted by Crippen LogP contribution is -2.32. The Balaban J connectivity index is 2.10. The lowest BCUT2D eigenvalue weighted by Gasteiger charge is -2.17. The number of hydrogen-bond acceptors (Lipinski definition) is 4. The average Bonchev–Trinajstić information content (AvgIpc) is 2.61. The number of carbonyl (C=O) groups excluding carboxylic acids is 1. The Labute approximate surface area is 161 Å². The molecule has 2 aromatic carbocycles. The maximum absolute atomic E-state index is 12.5. The number of sulfonamides is 1. The number of carbonyl (C=O) groups is 1. The molecule has 146 valence electrons. The Morgan fingerprint density at radius 1 is 0.963 bits per heavy atom. The molecular weight excluding hydrogens is 362 g/mol. The van der Waals surface area contributed by atoms with Crippen LogP contribution in [0.25, 0.3) is 0 Å². The third-order valence-electron chi connectivity index (χ3n) is 4.21. The van der Waals surface area contributed by atoms with Gasteiger partial charge in [-0.3, -0.25) is 4.79 Å². The lowest BCUT2D eigenvalue weighted by atomic mass is 10.0. The van der Waals surface area contributed by atoms with Crippen LogP contribution in [0, 0.1) is 0 Å². The summed E-state index contributed by atoms with van der Waals surface area (Å²) in [4.78, 5) is 12.6. The number of rotatable bonds is 7. The van der Waals surface area contributed by atoms with E-state index in [0.29, 0.717) is 11.6 Å². The third-order valence-corrected chi connectivity index (χ3v) is 6.02. The second-order valence-corrected chi connectivity index (χ2v) is 9.10. The van der Waals surface area contributed by atoms with Gasteiger partial charge in [0.15, 0.2) is 0 Å². The topological polar surface area (TPSA) is 78.5 Å². The molecule has 0 saturated heterocycles. The largest absolute Gasteiger partial charge is 0.374 e. The summed E-state index contributed by atoms with van der Waals surface area (Å²) in [6.45, 7) is 5.99. The Morgan fingerprint density at radius 2 is 1.59 bits per heavy atom. The van der Waals surface area contributed by atoms with Crippen LogP contribution in [0.4, 0.5) is 11.4 Å². The first-order chi connectivity index (χ1) is 12.6. The summed E-state index contributed by atoms with van der Waals surface area (Å²) in [7, 11) is -0.610. The van der Waals surface area contributed by atoms with Gasteiger partial charge in [0, 0.05) is 25.5 Å². The molecule has 7 heteroatoms. The summed E-state index contributed by atoms with van der Waals surface area (Å²) >= 11 is 0. The van der Waals surface area contributed by atoms with E-state index in [1.165, 1.54) is 31.8 Å². The molecule has 0 spiro atoms. The quantitative estimate of drug-likeness (QED) is 0.760. The van der Waals surface area contributed by atoms with Crippen molar-refractivity contribution in [3.63, 3.8) is 0 Å². The zero-order chi connectivity index (χ0) is 20.2. The molecule has 0 heterocycles. The molecule has 0 aromatic heterocycles. The Morgan fingerprint density at radius 3 is 2.22 bits per heavy atom. The first kappa shape index (κ1) is 20.9. The van der Waals surface area contributed by atoms with Crippen LogP contribution in [0.2, 0.25) is 0 Å². The van der Waals surface area contributed by atoms with E-state index in [-0.39, 0.29) is 10.8 Å². The molecule has 2 N–H and O–H groups in total. The maximum Gasteiger partial charge on any atom is 0.246 e. The van der Waals surface area contributed by atoms with Crippen molar-refractivity contribution in [2.45, 2.75) is 37.6 Å². The van der Waals surface area contributed by atoms with Crippen LogP contribution in [0.5, 0.6) is 0 Å². The molecule has 1 amide bonds. The third kappa shape index (κ3) is 5.30. The molecule has 0 bridgehead atoms. The molecule has 0 unspecified atom stereocenters. The summed E-state index contributed by atoms with van der Waals surface area (Å²) in [5.74, 6) is 0.154. The Hall–Kier alpha value is -2.38. The summed E-state index contributed by atoms with van der Waals surface area (Å²) in [5.41, 5.74) is 2.49. The van der Waals surface area contributed by atoms with Crippen molar-refractivity contribution in [2.75, 3.05) is 24.7 Å². The first-order valence-electron chi connectivity index (χ1n) is 8.81. The minimum Gasteiger partial charge on any atom is -0.374 e. The van der Waals surface area contributed by atoms with E-state index in [9.17, 15) is 13.2 Å². The van der Waals surface area contributed by atoms with Crippen molar-refractivity contribution in [1.82, 2.24) is 4.31 Å². The van der Waals surface area contributed by atoms with E-state index in [1.807, 2.05) is 18.2 Å². The molecule has 2 rings (SSSR count). The highest BCUT2D eigenvalue weighted by atomic mass is 32.2. The number of benzene rings is 2. The van der Waals surface area contributed by atoms with Crippen molar-refractivity contribution >= 4 is 27.3 Å². The van der Waals surface area contributed by atoms with Crippen molar-refractivity contribution in [2.24, 2.45) is 0 Å². The average molecular weight is 390 g/mol. The van der Waals surface area contributed by atoms with Gasteiger partial charge in [0.25, 0.3) is 0 Å². The summed E-state index contributed by atoms with van der Waals surface area (Å²) in [6.07, 6.45) is 0. The van der Waals surface area contributed by atoms with Gasteiger partial charge in [-0.2, -0.15) is 0 Å². The molecule has 0 aliphatic heterocycles. The maximum atomic E-state index is 12.5. The summed E-state index contributed by atoms with van der Waals surface area (Å²) in [5, 5.41) is 5.95. The second kappa shape index (κ2) is 8.54. The van der Waals surface area contributed by atoms with E-state index in [0.717, 1.165) is 9.99 Å². The zero-order valence-corrected chi connectivity index (χ0v) is 17.2. The zero-order valence-electron chi connectivity index (χ0n) is 16.4. The highest BCUT2D eigenvalue weighted by Gasteiger charge is 2.19. The molecule has 1 atom stereocenters. The predicted octanol–water partition coefficient (Wildman–Crippen LogP) is 3.50. The van der Waals surface area contributed by atoms with Crippen LogP contribution in [0.15, 0.2) is 53.4 Å². The predicted molar refractivity (Wildman–Crippen MR) is 110 cm³/mol. The second-order valence-electron chi connectivity index (χ2n) is 6.95. The SMILES string of the molecule is CC(C)c1cccc(N[C@@H](C)C(=O)Nc2cccc(S(=O)(=O)N(C)C)c2)c1. The lowest BCUT2D eigenvalue weighted by molar-refractivity contribution is -0.116. The van der Waals surface area contributed by atoms with E-state index >= 15 is 0 Å². The molecule has 2 aromatic rings. The molecule has 0 saturated carbocycles. The van der Waals surface area contributed by atoms with E-state index in [1.54, 1.807) is 19.1 Å². The van der Waals surface area contributed by atoms with Gasteiger partial charge in [0.2, 0.25) is 15.9 Å². The van der Waals surface area contributed by atoms with E-state index < -0.39 is 16.1 Å². The molecule has 6 nitrogen and oxygen atoms in total. The van der Waals surface area contributed by atoms with Crippen LogP contribution < -0.4 is 10.6 Å². The minimum atomic E-state index is -3.55. The molecule has 27 heavy (non-hydrogen) atoms. The van der Waals surface area contributed by atoms with Gasteiger partial charge in [-0.15, -0.1) is 0 Å². The van der Waals surface area contributed by atoms with Crippen LogP contribution in [-0.4, -0.2) is 38.8 Å². The van der Waals surface area contributed by atoms with Gasteiger partial charge >= 0.3 is 0 Å². The van der Waals surface area contributed by atoms with Crippen LogP contribution in [0.1, 0.15) is 32.3 Å². The van der Waals surface area contributed by atoms with Crippen LogP contribution in [0.3, 0.4) is 0 Å². The molecule has 0 radical (unpaired) electrons. The van der Waals surface area contributed by atoms with Crippen molar-refractivity contribution < 1.29 is 13.2 Å². The normalized spacial score (nSPS) is 12.9. The number of hydrogen-bond donors (Lipinski definition) is 2. The monoisotopic (exact) mass is 389 g/mol. The van der Waals surface area contributed by atoms with Gasteiger partial charge in [-0.1, -0.05) is 32.0 Å². The fourth-order valence-electron chi connectivity index (χ4n) is 2.50. The fraction of sp³-hybridized carbons (Fsp3) is 0.350. The van der Waals surface area contributed by atoms with Crippen molar-refractivity contribution in [3.8, 4) is 0 Å². The van der Waals surface area contributed by atoms with Gasteiger partial charge in [0.1, 0.15) is 6.04 Å². The molecule has 0 fully saturated rings. The van der Waals surface area contributed by atoms with E-state index in [2.05, 4.69) is 30.5 Å².